The monoisotopic (exact) mass is 316 g/mol. The van der Waals surface area contributed by atoms with E-state index in [2.05, 4.69) is 21.2 Å². The van der Waals surface area contributed by atoms with Gasteiger partial charge in [-0.1, -0.05) is 22.9 Å². The fourth-order valence-corrected chi connectivity index (χ4v) is 1.43. The lowest BCUT2D eigenvalue weighted by Crippen LogP contribution is -2.21. The number of carbonyl (C=O) groups is 1. The van der Waals surface area contributed by atoms with Crippen LogP contribution in [0.1, 0.15) is 13.3 Å². The molecule has 0 heterocycles. The van der Waals surface area contributed by atoms with Gasteiger partial charge in [0.1, 0.15) is 0 Å². The number of carbonyl (C=O) groups excluding carboxylic acids is 1. The molecule has 1 atom stereocenters. The van der Waals surface area contributed by atoms with Crippen molar-refractivity contribution in [3.05, 3.63) is 28.3 Å². The number of hydrogen-bond donors (Lipinski definition) is 1. The van der Waals surface area contributed by atoms with Crippen molar-refractivity contribution in [1.82, 2.24) is 0 Å². The van der Waals surface area contributed by atoms with Crippen LogP contribution in [0, 0.1) is 10.1 Å². The van der Waals surface area contributed by atoms with E-state index < -0.39 is 4.92 Å². The zero-order valence-electron chi connectivity index (χ0n) is 9.97. The van der Waals surface area contributed by atoms with E-state index in [4.69, 9.17) is 4.74 Å². The number of nitrogens with zero attached hydrogens (tertiary/aromatic N) is 1. The lowest BCUT2D eigenvalue weighted by atomic mass is 10.2. The van der Waals surface area contributed by atoms with Gasteiger partial charge in [0, 0.05) is 11.8 Å². The van der Waals surface area contributed by atoms with Gasteiger partial charge < -0.3 is 10.1 Å². The molecule has 18 heavy (non-hydrogen) atoms. The van der Waals surface area contributed by atoms with Crippen LogP contribution in [-0.4, -0.2) is 22.8 Å². The lowest BCUT2D eigenvalue weighted by Gasteiger charge is -2.09. The van der Waals surface area contributed by atoms with Gasteiger partial charge in [0.15, 0.2) is 5.75 Å². The number of nitrogens with one attached hydrogen (secondary N) is 1. The quantitative estimate of drug-likeness (QED) is 0.514. The Balaban J connectivity index is 2.95. The van der Waals surface area contributed by atoms with Gasteiger partial charge in [-0.3, -0.25) is 14.9 Å². The molecule has 1 aromatic carbocycles. The van der Waals surface area contributed by atoms with Crippen LogP contribution in [0.3, 0.4) is 0 Å². The zero-order chi connectivity index (χ0) is 13.7. The first kappa shape index (κ1) is 14.4. The molecular weight excluding hydrogens is 304 g/mol. The summed E-state index contributed by atoms with van der Waals surface area (Å²) in [6, 6.07) is 4.27. The third-order valence-corrected chi connectivity index (χ3v) is 3.35. The summed E-state index contributed by atoms with van der Waals surface area (Å²) in [6.45, 7) is 1.86. The minimum absolute atomic E-state index is 0.156. The summed E-state index contributed by atoms with van der Waals surface area (Å²) in [7, 11) is 1.35. The molecule has 0 aliphatic rings. The fourth-order valence-electron chi connectivity index (χ4n) is 1.32. The Kier molecular flexibility index (Phi) is 5.08. The van der Waals surface area contributed by atoms with E-state index >= 15 is 0 Å². The first-order valence-corrected chi connectivity index (χ1v) is 6.18. The number of benzene rings is 1. The summed E-state index contributed by atoms with van der Waals surface area (Å²) in [4.78, 5) is 21.6. The lowest BCUT2D eigenvalue weighted by molar-refractivity contribution is -0.385. The van der Waals surface area contributed by atoms with Crippen molar-refractivity contribution in [2.45, 2.75) is 18.2 Å². The minimum Gasteiger partial charge on any atom is -0.490 e. The smallest absolute Gasteiger partial charge is 0.312 e. The van der Waals surface area contributed by atoms with E-state index in [1.165, 1.54) is 19.2 Å². The first-order valence-electron chi connectivity index (χ1n) is 5.27. The second-order valence-electron chi connectivity index (χ2n) is 3.51. The molecule has 1 N–H and O–H groups in total. The van der Waals surface area contributed by atoms with E-state index in [-0.39, 0.29) is 22.2 Å². The van der Waals surface area contributed by atoms with Gasteiger partial charge in [-0.05, 0) is 18.6 Å². The zero-order valence-corrected chi connectivity index (χ0v) is 11.6. The van der Waals surface area contributed by atoms with E-state index in [0.717, 1.165) is 0 Å². The van der Waals surface area contributed by atoms with Gasteiger partial charge in [-0.2, -0.15) is 0 Å². The van der Waals surface area contributed by atoms with Crippen molar-refractivity contribution in [3.8, 4) is 5.75 Å². The Morgan fingerprint density at radius 2 is 2.28 bits per heavy atom. The van der Waals surface area contributed by atoms with Crippen molar-refractivity contribution >= 4 is 33.2 Å². The molecule has 98 valence electrons. The topological polar surface area (TPSA) is 81.5 Å². The molecule has 0 aromatic heterocycles. The molecule has 0 bridgehead atoms. The number of methoxy groups -OCH3 is 1. The van der Waals surface area contributed by atoms with Crippen LogP contribution >= 0.6 is 15.9 Å². The minimum atomic E-state index is -0.556. The van der Waals surface area contributed by atoms with Gasteiger partial charge >= 0.3 is 5.69 Å². The molecule has 0 radical (unpaired) electrons. The molecule has 0 aliphatic carbocycles. The standard InChI is InChI=1S/C11H13BrN2O4/c1-3-8(12)11(15)13-7-4-5-10(18-2)9(6-7)14(16)17/h4-6,8H,3H2,1-2H3,(H,13,15). The van der Waals surface area contributed by atoms with Crippen LogP contribution in [0.2, 0.25) is 0 Å². The molecule has 7 heteroatoms. The number of alkyl halides is 1. The van der Waals surface area contributed by atoms with Crippen LogP contribution in [0.5, 0.6) is 5.75 Å². The molecule has 0 saturated carbocycles. The molecule has 1 aromatic rings. The molecule has 0 fully saturated rings. The first-order chi connectivity index (χ1) is 8.49. The largest absolute Gasteiger partial charge is 0.490 e. The molecule has 1 amide bonds. The van der Waals surface area contributed by atoms with E-state index in [0.29, 0.717) is 12.1 Å². The Labute approximate surface area is 113 Å². The highest BCUT2D eigenvalue weighted by Gasteiger charge is 2.17. The van der Waals surface area contributed by atoms with Crippen molar-refractivity contribution in [2.75, 3.05) is 12.4 Å². The predicted molar refractivity (Wildman–Crippen MR) is 71.3 cm³/mol. The molecule has 6 nitrogen and oxygen atoms in total. The number of halogens is 1. The fraction of sp³-hybridized carbons (Fsp3) is 0.364. The molecule has 1 unspecified atom stereocenters. The van der Waals surface area contributed by atoms with Gasteiger partial charge in [-0.25, -0.2) is 0 Å². The van der Waals surface area contributed by atoms with Crippen LogP contribution in [-0.2, 0) is 4.79 Å². The molecular formula is C11H13BrN2O4. The third-order valence-electron chi connectivity index (χ3n) is 2.29. The number of nitro benzene ring substituents is 1. The number of hydrogen-bond acceptors (Lipinski definition) is 4. The molecule has 0 aliphatic heterocycles. The van der Waals surface area contributed by atoms with Gasteiger partial charge in [0.2, 0.25) is 5.91 Å². The summed E-state index contributed by atoms with van der Waals surface area (Å²) in [6.07, 6.45) is 0.629. The van der Waals surface area contributed by atoms with Gasteiger partial charge in [0.25, 0.3) is 0 Å². The van der Waals surface area contributed by atoms with Crippen LogP contribution in [0.25, 0.3) is 0 Å². The number of anilines is 1. The number of ether oxygens (including phenoxy) is 1. The van der Waals surface area contributed by atoms with E-state index in [1.54, 1.807) is 6.07 Å². The number of nitro groups is 1. The Morgan fingerprint density at radius 3 is 2.78 bits per heavy atom. The van der Waals surface area contributed by atoms with Crippen LogP contribution in [0.4, 0.5) is 11.4 Å². The molecule has 1 rings (SSSR count). The SMILES string of the molecule is CCC(Br)C(=O)Nc1ccc(OC)c([N+](=O)[O-])c1. The van der Waals surface area contributed by atoms with Crippen molar-refractivity contribution in [1.29, 1.82) is 0 Å². The van der Waals surface area contributed by atoms with E-state index in [1.807, 2.05) is 6.92 Å². The molecule has 0 saturated heterocycles. The average molecular weight is 317 g/mol. The highest BCUT2D eigenvalue weighted by Crippen LogP contribution is 2.29. The molecule has 0 spiro atoms. The van der Waals surface area contributed by atoms with Gasteiger partial charge in [-0.15, -0.1) is 0 Å². The highest BCUT2D eigenvalue weighted by atomic mass is 79.9. The summed E-state index contributed by atoms with van der Waals surface area (Å²) in [5, 5.41) is 13.4. The van der Waals surface area contributed by atoms with E-state index in [9.17, 15) is 14.9 Å². The summed E-state index contributed by atoms with van der Waals surface area (Å²) in [5.74, 6) is -0.0825. The maximum absolute atomic E-state index is 11.6. The Hall–Kier alpha value is -1.63. The van der Waals surface area contributed by atoms with Crippen LogP contribution in [0.15, 0.2) is 18.2 Å². The second-order valence-corrected chi connectivity index (χ2v) is 4.61. The maximum Gasteiger partial charge on any atom is 0.312 e. The van der Waals surface area contributed by atoms with Crippen molar-refractivity contribution in [3.63, 3.8) is 0 Å². The highest BCUT2D eigenvalue weighted by molar-refractivity contribution is 9.10. The van der Waals surface area contributed by atoms with Crippen molar-refractivity contribution < 1.29 is 14.5 Å². The normalized spacial score (nSPS) is 11.7. The van der Waals surface area contributed by atoms with Gasteiger partial charge in [0.05, 0.1) is 16.9 Å². The Morgan fingerprint density at radius 1 is 1.61 bits per heavy atom. The third kappa shape index (κ3) is 3.43. The number of rotatable bonds is 5. The Bertz CT molecular complexity index is 464. The number of amides is 1. The summed E-state index contributed by atoms with van der Waals surface area (Å²) < 4.78 is 4.87. The van der Waals surface area contributed by atoms with Crippen molar-refractivity contribution in [2.24, 2.45) is 0 Å². The average Bonchev–Trinajstić information content (AvgIpc) is 2.37. The second kappa shape index (κ2) is 6.34. The maximum atomic E-state index is 11.6. The van der Waals surface area contributed by atoms with Crippen LogP contribution < -0.4 is 10.1 Å². The predicted octanol–water partition coefficient (Wildman–Crippen LogP) is 2.72. The summed E-state index contributed by atoms with van der Waals surface area (Å²) in [5.41, 5.74) is 0.184. The summed E-state index contributed by atoms with van der Waals surface area (Å²) >= 11 is 3.20.